The molecule has 0 fully saturated rings. The van der Waals surface area contributed by atoms with E-state index in [9.17, 15) is 0 Å². The number of nitrogens with zero attached hydrogens (tertiary/aromatic N) is 2. The highest BCUT2D eigenvalue weighted by Gasteiger charge is 2.08. The van der Waals surface area contributed by atoms with Crippen LogP contribution >= 0.6 is 24.0 Å². The van der Waals surface area contributed by atoms with Gasteiger partial charge in [0.05, 0.1) is 0 Å². The Balaban J connectivity index is 0.00000484. The van der Waals surface area contributed by atoms with Crippen molar-refractivity contribution in [1.29, 1.82) is 0 Å². The van der Waals surface area contributed by atoms with Crippen LogP contribution < -0.4 is 10.6 Å². The van der Waals surface area contributed by atoms with Crippen molar-refractivity contribution in [3.8, 4) is 0 Å². The van der Waals surface area contributed by atoms with E-state index in [1.165, 1.54) is 5.56 Å². The number of hydrogen-bond donors (Lipinski definition) is 2. The smallest absolute Gasteiger partial charge is 0.191 e. The molecule has 1 unspecified atom stereocenters. The zero-order valence-electron chi connectivity index (χ0n) is 15.2. The molecule has 0 radical (unpaired) electrons. The Morgan fingerprint density at radius 2 is 1.83 bits per heavy atom. The maximum absolute atomic E-state index is 4.28. The monoisotopic (exact) mass is 432 g/mol. The number of benzene rings is 1. The average Bonchev–Trinajstić information content (AvgIpc) is 2.50. The lowest BCUT2D eigenvalue weighted by Gasteiger charge is -2.21. The van der Waals surface area contributed by atoms with Crippen LogP contribution in [0.15, 0.2) is 35.3 Å². The highest BCUT2D eigenvalue weighted by molar-refractivity contribution is 14.0. The molecule has 0 bridgehead atoms. The summed E-state index contributed by atoms with van der Waals surface area (Å²) in [6.07, 6.45) is 1.10. The van der Waals surface area contributed by atoms with Crippen molar-refractivity contribution in [2.75, 3.05) is 27.2 Å². The average molecular weight is 432 g/mol. The molecule has 0 aromatic heterocycles. The second-order valence-corrected chi connectivity index (χ2v) is 6.25. The van der Waals surface area contributed by atoms with Crippen LogP contribution in [0, 0.1) is 5.92 Å². The number of nitrogens with one attached hydrogen (secondary N) is 2. The quantitative estimate of drug-likeness (QED) is 0.287. The third kappa shape index (κ3) is 9.81. The summed E-state index contributed by atoms with van der Waals surface area (Å²) < 4.78 is 0. The van der Waals surface area contributed by atoms with Crippen LogP contribution in [0.25, 0.3) is 0 Å². The maximum Gasteiger partial charge on any atom is 0.191 e. The van der Waals surface area contributed by atoms with E-state index in [2.05, 4.69) is 78.7 Å². The van der Waals surface area contributed by atoms with E-state index in [0.717, 1.165) is 32.0 Å². The van der Waals surface area contributed by atoms with Gasteiger partial charge in [0.1, 0.15) is 0 Å². The number of halogens is 1. The Morgan fingerprint density at radius 1 is 1.17 bits per heavy atom. The SMILES string of the molecule is CN=C(NCCCN(C)Cc1ccccc1)NC(C)C(C)C.I. The molecule has 0 saturated heterocycles. The standard InChI is InChI=1S/C18H32N4.HI/c1-15(2)16(3)21-18(19-4)20-12-9-13-22(5)14-17-10-7-6-8-11-17;/h6-8,10-11,15-16H,9,12-14H2,1-5H3,(H2,19,20,21);1H. The van der Waals surface area contributed by atoms with E-state index < -0.39 is 0 Å². The van der Waals surface area contributed by atoms with Crippen molar-refractivity contribution < 1.29 is 0 Å². The van der Waals surface area contributed by atoms with E-state index in [-0.39, 0.29) is 24.0 Å². The Kier molecular flexibility index (Phi) is 12.1. The molecule has 132 valence electrons. The first-order chi connectivity index (χ1) is 10.5. The van der Waals surface area contributed by atoms with Gasteiger partial charge in [0.2, 0.25) is 0 Å². The van der Waals surface area contributed by atoms with Crippen molar-refractivity contribution >= 4 is 29.9 Å². The molecule has 1 rings (SSSR count). The van der Waals surface area contributed by atoms with Crippen molar-refractivity contribution in [1.82, 2.24) is 15.5 Å². The lowest BCUT2D eigenvalue weighted by Crippen LogP contribution is -2.44. The second kappa shape index (κ2) is 12.6. The summed E-state index contributed by atoms with van der Waals surface area (Å²) in [5.41, 5.74) is 1.36. The molecule has 23 heavy (non-hydrogen) atoms. The number of aliphatic imine (C=N–C) groups is 1. The molecule has 4 nitrogen and oxygen atoms in total. The van der Waals surface area contributed by atoms with Crippen LogP contribution in [0.4, 0.5) is 0 Å². The first-order valence-electron chi connectivity index (χ1n) is 8.22. The predicted octanol–water partition coefficient (Wildman–Crippen LogP) is 3.34. The van der Waals surface area contributed by atoms with Crippen molar-refractivity contribution in [2.45, 2.75) is 39.8 Å². The molecule has 0 heterocycles. The van der Waals surface area contributed by atoms with Gasteiger partial charge in [-0.3, -0.25) is 4.99 Å². The maximum atomic E-state index is 4.28. The minimum absolute atomic E-state index is 0. The van der Waals surface area contributed by atoms with E-state index >= 15 is 0 Å². The van der Waals surface area contributed by atoms with E-state index in [0.29, 0.717) is 12.0 Å². The summed E-state index contributed by atoms with van der Waals surface area (Å²) in [7, 11) is 3.99. The van der Waals surface area contributed by atoms with Gasteiger partial charge in [0, 0.05) is 26.2 Å². The Morgan fingerprint density at radius 3 is 2.39 bits per heavy atom. The summed E-state index contributed by atoms with van der Waals surface area (Å²) in [5.74, 6) is 1.49. The third-order valence-electron chi connectivity index (χ3n) is 3.89. The van der Waals surface area contributed by atoms with Gasteiger partial charge >= 0.3 is 0 Å². The van der Waals surface area contributed by atoms with Crippen LogP contribution in [0.3, 0.4) is 0 Å². The molecule has 1 atom stereocenters. The molecular weight excluding hydrogens is 399 g/mol. The Labute approximate surface area is 159 Å². The minimum Gasteiger partial charge on any atom is -0.356 e. The molecule has 0 aliphatic rings. The van der Waals surface area contributed by atoms with Gasteiger partial charge in [-0.15, -0.1) is 24.0 Å². The zero-order chi connectivity index (χ0) is 16.4. The molecule has 1 aromatic rings. The van der Waals surface area contributed by atoms with E-state index in [1.54, 1.807) is 0 Å². The van der Waals surface area contributed by atoms with Gasteiger partial charge in [-0.25, -0.2) is 0 Å². The van der Waals surface area contributed by atoms with E-state index in [4.69, 9.17) is 0 Å². The fourth-order valence-corrected chi connectivity index (χ4v) is 2.11. The summed E-state index contributed by atoms with van der Waals surface area (Å²) in [6.45, 7) is 9.61. The third-order valence-corrected chi connectivity index (χ3v) is 3.89. The fraction of sp³-hybridized carbons (Fsp3) is 0.611. The first-order valence-corrected chi connectivity index (χ1v) is 8.22. The molecule has 2 N–H and O–H groups in total. The molecule has 0 amide bonds. The number of guanidine groups is 1. The molecular formula is C18H33IN4. The van der Waals surface area contributed by atoms with Gasteiger partial charge in [0.15, 0.2) is 5.96 Å². The second-order valence-electron chi connectivity index (χ2n) is 6.25. The summed E-state index contributed by atoms with van der Waals surface area (Å²) in [6, 6.07) is 11.0. The lowest BCUT2D eigenvalue weighted by atomic mass is 10.1. The van der Waals surface area contributed by atoms with Crippen molar-refractivity contribution in [2.24, 2.45) is 10.9 Å². The van der Waals surface area contributed by atoms with Crippen LogP contribution in [0.1, 0.15) is 32.8 Å². The molecule has 0 spiro atoms. The van der Waals surface area contributed by atoms with Crippen LogP contribution in [-0.2, 0) is 6.54 Å². The van der Waals surface area contributed by atoms with Crippen molar-refractivity contribution in [3.05, 3.63) is 35.9 Å². The van der Waals surface area contributed by atoms with Crippen molar-refractivity contribution in [3.63, 3.8) is 0 Å². The zero-order valence-corrected chi connectivity index (χ0v) is 17.5. The van der Waals surface area contributed by atoms with Crippen LogP contribution in [0.2, 0.25) is 0 Å². The largest absolute Gasteiger partial charge is 0.356 e. The van der Waals surface area contributed by atoms with Crippen LogP contribution in [-0.4, -0.2) is 44.1 Å². The normalized spacial score (nSPS) is 12.9. The Bertz CT molecular complexity index is 434. The first kappa shape index (κ1) is 22.2. The number of rotatable bonds is 8. The molecule has 0 saturated carbocycles. The van der Waals surface area contributed by atoms with Gasteiger partial charge < -0.3 is 15.5 Å². The topological polar surface area (TPSA) is 39.7 Å². The highest BCUT2D eigenvalue weighted by atomic mass is 127. The molecule has 0 aliphatic heterocycles. The predicted molar refractivity (Wildman–Crippen MR) is 112 cm³/mol. The minimum atomic E-state index is 0. The fourth-order valence-electron chi connectivity index (χ4n) is 2.11. The Hall–Kier alpha value is -0.820. The molecule has 1 aromatic carbocycles. The van der Waals surface area contributed by atoms with Gasteiger partial charge in [-0.2, -0.15) is 0 Å². The number of hydrogen-bond acceptors (Lipinski definition) is 2. The lowest BCUT2D eigenvalue weighted by molar-refractivity contribution is 0.322. The highest BCUT2D eigenvalue weighted by Crippen LogP contribution is 2.02. The molecule has 5 heteroatoms. The van der Waals surface area contributed by atoms with Gasteiger partial charge in [-0.1, -0.05) is 44.2 Å². The van der Waals surface area contributed by atoms with Gasteiger partial charge in [-0.05, 0) is 38.4 Å². The summed E-state index contributed by atoms with van der Waals surface area (Å²) in [4.78, 5) is 6.63. The van der Waals surface area contributed by atoms with E-state index in [1.807, 2.05) is 7.05 Å². The summed E-state index contributed by atoms with van der Waals surface area (Å²) in [5, 5.41) is 6.81. The summed E-state index contributed by atoms with van der Waals surface area (Å²) >= 11 is 0. The van der Waals surface area contributed by atoms with Crippen LogP contribution in [0.5, 0.6) is 0 Å². The van der Waals surface area contributed by atoms with Gasteiger partial charge in [0.25, 0.3) is 0 Å². The molecule has 0 aliphatic carbocycles.